The number of benzene rings is 1. The maximum absolute atomic E-state index is 5.79. The van der Waals surface area contributed by atoms with Crippen LogP contribution in [-0.4, -0.2) is 32.0 Å². The number of rotatable bonds is 8. The Morgan fingerprint density at radius 2 is 2.05 bits per heavy atom. The zero-order valence-electron chi connectivity index (χ0n) is 12.1. The molecule has 6 heteroatoms. The van der Waals surface area contributed by atoms with Gasteiger partial charge in [-0.1, -0.05) is 12.1 Å². The van der Waals surface area contributed by atoms with Crippen LogP contribution < -0.4 is 11.1 Å². The van der Waals surface area contributed by atoms with Crippen molar-refractivity contribution in [3.05, 3.63) is 29.8 Å². The third kappa shape index (κ3) is 8.65. The van der Waals surface area contributed by atoms with Crippen molar-refractivity contribution in [2.75, 3.05) is 26.0 Å². The monoisotopic (exact) mass is 409 g/mol. The van der Waals surface area contributed by atoms with Crippen LogP contribution in [0.3, 0.4) is 0 Å². The molecular formula is C14H24IN3OS. The molecule has 0 aromatic heterocycles. The second-order valence-electron chi connectivity index (χ2n) is 4.03. The Bertz CT molecular complexity index is 385. The molecule has 0 fully saturated rings. The largest absolute Gasteiger partial charge is 0.382 e. The van der Waals surface area contributed by atoms with Crippen LogP contribution in [0.25, 0.3) is 0 Å². The van der Waals surface area contributed by atoms with Gasteiger partial charge in [-0.15, -0.1) is 35.7 Å². The number of nitrogens with one attached hydrogen (secondary N) is 1. The highest BCUT2D eigenvalue weighted by atomic mass is 127. The minimum Gasteiger partial charge on any atom is -0.382 e. The summed E-state index contributed by atoms with van der Waals surface area (Å²) in [6, 6.07) is 8.36. The number of ether oxygens (including phenoxy) is 1. The molecule has 1 aromatic carbocycles. The molecule has 0 saturated heterocycles. The Morgan fingerprint density at radius 1 is 1.35 bits per heavy atom. The summed E-state index contributed by atoms with van der Waals surface area (Å²) in [7, 11) is 0. The van der Waals surface area contributed by atoms with Gasteiger partial charge in [0.25, 0.3) is 0 Å². The van der Waals surface area contributed by atoms with E-state index in [2.05, 4.69) is 40.8 Å². The number of nitrogens with zero attached hydrogens (tertiary/aromatic N) is 1. The Kier molecular flexibility index (Phi) is 12.0. The zero-order chi connectivity index (χ0) is 13.9. The number of guanidine groups is 1. The van der Waals surface area contributed by atoms with Gasteiger partial charge in [0.05, 0.1) is 6.54 Å². The first-order valence-corrected chi connectivity index (χ1v) is 7.73. The zero-order valence-corrected chi connectivity index (χ0v) is 15.2. The molecule has 0 aliphatic rings. The van der Waals surface area contributed by atoms with E-state index in [4.69, 9.17) is 10.5 Å². The highest BCUT2D eigenvalue weighted by Crippen LogP contribution is 2.15. The number of hydrogen-bond donors (Lipinski definition) is 2. The molecule has 0 unspecified atom stereocenters. The summed E-state index contributed by atoms with van der Waals surface area (Å²) in [5.41, 5.74) is 6.95. The SMILES string of the molecule is CCOCCCNC(N)=NCc1ccc(SC)cc1.I. The fraction of sp³-hybridized carbons (Fsp3) is 0.500. The van der Waals surface area contributed by atoms with Gasteiger partial charge in [0, 0.05) is 24.7 Å². The van der Waals surface area contributed by atoms with Gasteiger partial charge in [-0.2, -0.15) is 0 Å². The maximum Gasteiger partial charge on any atom is 0.188 e. The molecule has 1 aromatic rings. The number of hydrogen-bond acceptors (Lipinski definition) is 3. The van der Waals surface area contributed by atoms with Crippen molar-refractivity contribution in [3.63, 3.8) is 0 Å². The molecule has 114 valence electrons. The molecule has 0 amide bonds. The van der Waals surface area contributed by atoms with Crippen molar-refractivity contribution in [1.82, 2.24) is 5.32 Å². The van der Waals surface area contributed by atoms with Crippen molar-refractivity contribution in [2.45, 2.75) is 24.8 Å². The first-order valence-electron chi connectivity index (χ1n) is 6.50. The van der Waals surface area contributed by atoms with Gasteiger partial charge >= 0.3 is 0 Å². The highest BCUT2D eigenvalue weighted by molar-refractivity contribution is 14.0. The number of nitrogens with two attached hydrogens (primary N) is 1. The molecular weight excluding hydrogens is 385 g/mol. The lowest BCUT2D eigenvalue weighted by Gasteiger charge is -2.06. The van der Waals surface area contributed by atoms with Crippen LogP contribution in [0, 0.1) is 0 Å². The average Bonchev–Trinajstić information content (AvgIpc) is 2.45. The van der Waals surface area contributed by atoms with Gasteiger partial charge < -0.3 is 15.8 Å². The van der Waals surface area contributed by atoms with Gasteiger partial charge in [0.2, 0.25) is 0 Å². The van der Waals surface area contributed by atoms with Crippen LogP contribution in [0.2, 0.25) is 0 Å². The maximum atomic E-state index is 5.79. The molecule has 3 N–H and O–H groups in total. The first-order chi connectivity index (χ1) is 9.26. The van der Waals surface area contributed by atoms with Crippen molar-refractivity contribution in [3.8, 4) is 0 Å². The van der Waals surface area contributed by atoms with Crippen LogP contribution in [0.4, 0.5) is 0 Å². The van der Waals surface area contributed by atoms with Crippen molar-refractivity contribution < 1.29 is 4.74 Å². The summed E-state index contributed by atoms with van der Waals surface area (Å²) in [5, 5.41) is 3.08. The van der Waals surface area contributed by atoms with E-state index < -0.39 is 0 Å². The number of aliphatic imine (C=N–C) groups is 1. The van der Waals surface area contributed by atoms with Crippen LogP contribution in [-0.2, 0) is 11.3 Å². The van der Waals surface area contributed by atoms with Gasteiger partial charge in [0.1, 0.15) is 0 Å². The topological polar surface area (TPSA) is 59.6 Å². The molecule has 0 aliphatic carbocycles. The Labute approximate surface area is 143 Å². The molecule has 0 spiro atoms. The van der Waals surface area contributed by atoms with E-state index in [1.165, 1.54) is 4.90 Å². The molecule has 4 nitrogen and oxygen atoms in total. The number of halogens is 1. The van der Waals surface area contributed by atoms with Crippen LogP contribution >= 0.6 is 35.7 Å². The van der Waals surface area contributed by atoms with E-state index in [-0.39, 0.29) is 24.0 Å². The smallest absolute Gasteiger partial charge is 0.188 e. The van der Waals surface area contributed by atoms with Crippen LogP contribution in [0.5, 0.6) is 0 Å². The summed E-state index contributed by atoms with van der Waals surface area (Å²) in [6.07, 6.45) is 3.00. The normalized spacial score (nSPS) is 11.0. The van der Waals surface area contributed by atoms with E-state index in [1.807, 2.05) is 6.92 Å². The third-order valence-electron chi connectivity index (χ3n) is 2.57. The Hall–Kier alpha value is -0.470. The first kappa shape index (κ1) is 19.5. The molecule has 20 heavy (non-hydrogen) atoms. The van der Waals surface area contributed by atoms with Crippen molar-refractivity contribution in [1.29, 1.82) is 0 Å². The number of thioether (sulfide) groups is 1. The lowest BCUT2D eigenvalue weighted by molar-refractivity contribution is 0.145. The third-order valence-corrected chi connectivity index (χ3v) is 3.31. The summed E-state index contributed by atoms with van der Waals surface area (Å²) in [4.78, 5) is 5.56. The van der Waals surface area contributed by atoms with E-state index in [0.717, 1.165) is 31.7 Å². The van der Waals surface area contributed by atoms with Crippen LogP contribution in [0.15, 0.2) is 34.2 Å². The summed E-state index contributed by atoms with van der Waals surface area (Å²) < 4.78 is 5.24. The van der Waals surface area contributed by atoms with Gasteiger partial charge in [0.15, 0.2) is 5.96 Å². The van der Waals surface area contributed by atoms with Crippen molar-refractivity contribution in [2.24, 2.45) is 10.7 Å². The fourth-order valence-electron chi connectivity index (χ4n) is 1.50. The molecule has 0 atom stereocenters. The van der Waals surface area contributed by atoms with Gasteiger partial charge in [-0.05, 0) is 37.3 Å². The summed E-state index contributed by atoms with van der Waals surface area (Å²) in [6.45, 7) is 4.91. The Balaban J connectivity index is 0.00000361. The average molecular weight is 409 g/mol. The molecule has 0 bridgehead atoms. The Morgan fingerprint density at radius 3 is 2.65 bits per heavy atom. The summed E-state index contributed by atoms with van der Waals surface area (Å²) >= 11 is 1.73. The second kappa shape index (κ2) is 12.3. The second-order valence-corrected chi connectivity index (χ2v) is 4.91. The van der Waals surface area contributed by atoms with Crippen LogP contribution in [0.1, 0.15) is 18.9 Å². The minimum absolute atomic E-state index is 0. The summed E-state index contributed by atoms with van der Waals surface area (Å²) in [5.74, 6) is 0.491. The van der Waals surface area contributed by atoms with Gasteiger partial charge in [-0.25, -0.2) is 4.99 Å². The predicted octanol–water partition coefficient (Wildman–Crippen LogP) is 2.86. The standard InChI is InChI=1S/C14H23N3OS.HI/c1-3-18-10-4-9-16-14(15)17-11-12-5-7-13(19-2)8-6-12;/h5-8H,3-4,9-11H2,1-2H3,(H3,15,16,17);1H. The quantitative estimate of drug-likeness (QED) is 0.228. The molecule has 1 rings (SSSR count). The molecule has 0 saturated carbocycles. The lowest BCUT2D eigenvalue weighted by Crippen LogP contribution is -2.32. The van der Waals surface area contributed by atoms with E-state index in [9.17, 15) is 0 Å². The highest BCUT2D eigenvalue weighted by Gasteiger charge is 1.95. The minimum atomic E-state index is 0. The van der Waals surface area contributed by atoms with E-state index in [0.29, 0.717) is 12.5 Å². The van der Waals surface area contributed by atoms with Gasteiger partial charge in [-0.3, -0.25) is 0 Å². The predicted molar refractivity (Wildman–Crippen MR) is 98.1 cm³/mol. The molecule has 0 heterocycles. The van der Waals surface area contributed by atoms with E-state index >= 15 is 0 Å². The molecule has 0 radical (unpaired) electrons. The van der Waals surface area contributed by atoms with Crippen molar-refractivity contribution >= 4 is 41.7 Å². The fourth-order valence-corrected chi connectivity index (χ4v) is 1.91. The van der Waals surface area contributed by atoms with E-state index in [1.54, 1.807) is 11.8 Å². The molecule has 0 aliphatic heterocycles. The lowest BCUT2D eigenvalue weighted by atomic mass is 10.2.